The topological polar surface area (TPSA) is 60.2 Å². The van der Waals surface area contributed by atoms with E-state index in [1.54, 1.807) is 0 Å². The van der Waals surface area contributed by atoms with Gasteiger partial charge in [0.2, 0.25) is 5.78 Å². The fourth-order valence-corrected chi connectivity index (χ4v) is 1.37. The van der Waals surface area contributed by atoms with Crippen LogP contribution in [0.1, 0.15) is 26.7 Å². The van der Waals surface area contributed by atoms with E-state index in [0.29, 0.717) is 5.75 Å². The second kappa shape index (κ2) is 6.20. The zero-order valence-corrected chi connectivity index (χ0v) is 8.32. The Morgan fingerprint density at radius 3 is 2.50 bits per heavy atom. The summed E-state index contributed by atoms with van der Waals surface area (Å²) in [5.74, 6) is 0.320. The van der Waals surface area contributed by atoms with E-state index in [4.69, 9.17) is 5.73 Å². The molecule has 1 atom stereocenters. The third kappa shape index (κ3) is 6.37. The van der Waals surface area contributed by atoms with E-state index in [-0.39, 0.29) is 16.9 Å². The van der Waals surface area contributed by atoms with Crippen LogP contribution in [-0.2, 0) is 9.59 Å². The monoisotopic (exact) mass is 189 g/mol. The lowest BCUT2D eigenvalue weighted by atomic mass is 10.2. The van der Waals surface area contributed by atoms with Crippen LogP contribution in [0, 0.1) is 0 Å². The van der Waals surface area contributed by atoms with Crippen LogP contribution in [0.5, 0.6) is 0 Å². The number of rotatable bonds is 5. The van der Waals surface area contributed by atoms with Gasteiger partial charge in [-0.1, -0.05) is 11.8 Å². The van der Waals surface area contributed by atoms with Crippen molar-refractivity contribution in [1.29, 1.82) is 0 Å². The molecule has 1 unspecified atom stereocenters. The molecule has 12 heavy (non-hydrogen) atoms. The van der Waals surface area contributed by atoms with Gasteiger partial charge >= 0.3 is 0 Å². The molecule has 0 aromatic carbocycles. The van der Waals surface area contributed by atoms with Gasteiger partial charge in [0.25, 0.3) is 5.12 Å². The first-order valence-corrected chi connectivity index (χ1v) is 4.96. The Balaban J connectivity index is 3.32. The third-order valence-corrected chi connectivity index (χ3v) is 2.37. The molecule has 0 aliphatic carbocycles. The van der Waals surface area contributed by atoms with Crippen LogP contribution in [0.15, 0.2) is 0 Å². The second-order valence-corrected chi connectivity index (χ2v) is 3.88. The molecule has 4 heteroatoms. The van der Waals surface area contributed by atoms with Crippen LogP contribution >= 0.6 is 11.8 Å². The second-order valence-electron chi connectivity index (χ2n) is 2.81. The Bertz CT molecular complexity index is 168. The maximum atomic E-state index is 10.8. The van der Waals surface area contributed by atoms with Crippen LogP contribution in [0.25, 0.3) is 0 Å². The standard InChI is InChI=1S/C8H15NO2S/c1-6(9)4-3-5-12-8(11)7(2)10/h6H,3-5,9H2,1-2H3. The van der Waals surface area contributed by atoms with Crippen LogP contribution < -0.4 is 5.73 Å². The lowest BCUT2D eigenvalue weighted by Gasteiger charge is -2.02. The maximum absolute atomic E-state index is 10.8. The third-order valence-electron chi connectivity index (χ3n) is 1.32. The van der Waals surface area contributed by atoms with Gasteiger partial charge in [0.1, 0.15) is 0 Å². The zero-order chi connectivity index (χ0) is 9.56. The molecule has 0 aromatic rings. The molecule has 3 nitrogen and oxygen atoms in total. The van der Waals surface area contributed by atoms with Crippen molar-refractivity contribution in [2.75, 3.05) is 5.75 Å². The summed E-state index contributed by atoms with van der Waals surface area (Å²) in [7, 11) is 0. The first kappa shape index (κ1) is 11.6. The van der Waals surface area contributed by atoms with E-state index in [2.05, 4.69) is 0 Å². The maximum Gasteiger partial charge on any atom is 0.254 e. The lowest BCUT2D eigenvalue weighted by molar-refractivity contribution is -0.130. The molecule has 70 valence electrons. The molecule has 0 radical (unpaired) electrons. The summed E-state index contributed by atoms with van der Waals surface area (Å²) < 4.78 is 0. The number of hydrogen-bond donors (Lipinski definition) is 1. The van der Waals surface area contributed by atoms with Gasteiger partial charge in [-0.3, -0.25) is 9.59 Å². The van der Waals surface area contributed by atoms with Gasteiger partial charge < -0.3 is 5.73 Å². The average molecular weight is 189 g/mol. The Morgan fingerprint density at radius 2 is 2.08 bits per heavy atom. The summed E-state index contributed by atoms with van der Waals surface area (Å²) in [6, 6.07) is 0.179. The molecule has 0 spiro atoms. The molecule has 0 saturated carbocycles. The fourth-order valence-electron chi connectivity index (χ4n) is 0.672. The lowest BCUT2D eigenvalue weighted by Crippen LogP contribution is -2.14. The largest absolute Gasteiger partial charge is 0.328 e. The predicted molar refractivity (Wildman–Crippen MR) is 51.0 cm³/mol. The van der Waals surface area contributed by atoms with Crippen LogP contribution in [-0.4, -0.2) is 22.7 Å². The summed E-state index contributed by atoms with van der Waals surface area (Å²) in [5, 5.41) is -0.348. The van der Waals surface area contributed by atoms with Gasteiger partial charge in [-0.25, -0.2) is 0 Å². The summed E-state index contributed by atoms with van der Waals surface area (Å²) >= 11 is 1.08. The van der Waals surface area contributed by atoms with Crippen molar-refractivity contribution in [2.24, 2.45) is 5.73 Å². The molecule has 0 rings (SSSR count). The van der Waals surface area contributed by atoms with Crippen molar-refractivity contribution in [2.45, 2.75) is 32.7 Å². The number of Topliss-reactive ketones (excluding diaryl/α,β-unsaturated/α-hetero) is 1. The van der Waals surface area contributed by atoms with Crippen molar-refractivity contribution < 1.29 is 9.59 Å². The number of ketones is 1. The highest BCUT2D eigenvalue weighted by molar-refractivity contribution is 8.15. The van der Waals surface area contributed by atoms with Crippen molar-refractivity contribution >= 4 is 22.7 Å². The summed E-state index contributed by atoms with van der Waals surface area (Å²) in [4.78, 5) is 21.2. The highest BCUT2D eigenvalue weighted by atomic mass is 32.2. The first-order chi connectivity index (χ1) is 5.54. The molecule has 0 bridgehead atoms. The molecule has 2 N–H and O–H groups in total. The predicted octanol–water partition coefficient (Wildman–Crippen LogP) is 0.963. The molecule has 0 amide bonds. The summed E-state index contributed by atoms with van der Waals surface area (Å²) in [5.41, 5.74) is 5.51. The number of carbonyl (C=O) groups excluding carboxylic acids is 2. The Morgan fingerprint density at radius 1 is 1.50 bits per heavy atom. The van der Waals surface area contributed by atoms with Gasteiger partial charge in [-0.05, 0) is 19.8 Å². The van der Waals surface area contributed by atoms with E-state index in [9.17, 15) is 9.59 Å². The summed E-state index contributed by atoms with van der Waals surface area (Å²) in [6.07, 6.45) is 1.79. The SMILES string of the molecule is CC(=O)C(=O)SCCCC(C)N. The van der Waals surface area contributed by atoms with Gasteiger partial charge in [-0.15, -0.1) is 0 Å². The van der Waals surface area contributed by atoms with Crippen molar-refractivity contribution in [3.63, 3.8) is 0 Å². The van der Waals surface area contributed by atoms with Gasteiger partial charge in [0.05, 0.1) is 0 Å². The normalized spacial score (nSPS) is 12.6. The Hall–Kier alpha value is -0.350. The minimum absolute atomic E-state index is 0.179. The first-order valence-electron chi connectivity index (χ1n) is 3.97. The van der Waals surface area contributed by atoms with Gasteiger partial charge in [-0.2, -0.15) is 0 Å². The Labute approximate surface area is 77.1 Å². The molecule has 0 aliphatic heterocycles. The van der Waals surface area contributed by atoms with E-state index >= 15 is 0 Å². The van der Waals surface area contributed by atoms with Crippen molar-refractivity contribution in [1.82, 2.24) is 0 Å². The zero-order valence-electron chi connectivity index (χ0n) is 7.50. The smallest absolute Gasteiger partial charge is 0.254 e. The molecule has 0 aromatic heterocycles. The van der Waals surface area contributed by atoms with E-state index in [1.807, 2.05) is 6.92 Å². The van der Waals surface area contributed by atoms with Gasteiger partial charge in [0, 0.05) is 18.7 Å². The van der Waals surface area contributed by atoms with Crippen LogP contribution in [0.2, 0.25) is 0 Å². The number of nitrogens with two attached hydrogens (primary N) is 1. The quantitative estimate of drug-likeness (QED) is 0.517. The molecule has 0 aliphatic rings. The van der Waals surface area contributed by atoms with Crippen LogP contribution in [0.3, 0.4) is 0 Å². The van der Waals surface area contributed by atoms with Crippen molar-refractivity contribution in [3.05, 3.63) is 0 Å². The molecule has 0 fully saturated rings. The molecule has 0 heterocycles. The highest BCUT2D eigenvalue weighted by Gasteiger charge is 2.07. The molecule has 0 saturated heterocycles. The van der Waals surface area contributed by atoms with Gasteiger partial charge in [0.15, 0.2) is 0 Å². The fraction of sp³-hybridized carbons (Fsp3) is 0.750. The van der Waals surface area contributed by atoms with Crippen molar-refractivity contribution in [3.8, 4) is 0 Å². The average Bonchev–Trinajstić information content (AvgIpc) is 1.97. The van der Waals surface area contributed by atoms with E-state index in [1.165, 1.54) is 6.92 Å². The van der Waals surface area contributed by atoms with E-state index < -0.39 is 0 Å². The molecular weight excluding hydrogens is 174 g/mol. The summed E-state index contributed by atoms with van der Waals surface area (Å²) in [6.45, 7) is 3.22. The number of hydrogen-bond acceptors (Lipinski definition) is 4. The Kier molecular flexibility index (Phi) is 6.02. The van der Waals surface area contributed by atoms with E-state index in [0.717, 1.165) is 24.6 Å². The minimum Gasteiger partial charge on any atom is -0.328 e. The molecular formula is C8H15NO2S. The minimum atomic E-state index is -0.374. The number of carbonyl (C=O) groups is 2. The van der Waals surface area contributed by atoms with Crippen LogP contribution in [0.4, 0.5) is 0 Å². The highest BCUT2D eigenvalue weighted by Crippen LogP contribution is 2.07. The number of thioether (sulfide) groups is 1.